The fourth-order valence-electron chi connectivity index (χ4n) is 1.25. The van der Waals surface area contributed by atoms with Gasteiger partial charge in [-0.15, -0.1) is 12.4 Å². The molecule has 0 fully saturated rings. The van der Waals surface area contributed by atoms with Crippen LogP contribution in [0, 0.1) is 0 Å². The molecule has 6 heteroatoms. The number of nitrogens with zero attached hydrogens (tertiary/aromatic N) is 2. The number of halogens is 1. The van der Waals surface area contributed by atoms with Crippen molar-refractivity contribution >= 4 is 24.2 Å². The SMILES string of the molecule is CCN(CC)C(=O)CN(C)C(=O)CNC.Cl. The summed E-state index contributed by atoms with van der Waals surface area (Å²) < 4.78 is 0. The van der Waals surface area contributed by atoms with E-state index in [4.69, 9.17) is 0 Å². The first kappa shape index (κ1) is 17.6. The number of hydrogen-bond donors (Lipinski definition) is 1. The zero-order valence-electron chi connectivity index (χ0n) is 10.4. The fourth-order valence-corrected chi connectivity index (χ4v) is 1.25. The molecular formula is C10H22ClN3O2. The van der Waals surface area contributed by atoms with Crippen LogP contribution in [0.4, 0.5) is 0 Å². The molecule has 5 nitrogen and oxygen atoms in total. The highest BCUT2D eigenvalue weighted by atomic mass is 35.5. The van der Waals surface area contributed by atoms with Crippen LogP contribution in [0.3, 0.4) is 0 Å². The van der Waals surface area contributed by atoms with E-state index in [0.29, 0.717) is 13.1 Å². The Balaban J connectivity index is 0. The Morgan fingerprint density at radius 3 is 2.00 bits per heavy atom. The van der Waals surface area contributed by atoms with Crippen LogP contribution in [0.15, 0.2) is 0 Å². The minimum absolute atomic E-state index is 0. The van der Waals surface area contributed by atoms with Crippen molar-refractivity contribution in [3.8, 4) is 0 Å². The van der Waals surface area contributed by atoms with Gasteiger partial charge in [0.15, 0.2) is 0 Å². The van der Waals surface area contributed by atoms with Crippen LogP contribution in [-0.2, 0) is 9.59 Å². The minimum atomic E-state index is -0.0713. The third-order valence-corrected chi connectivity index (χ3v) is 2.24. The van der Waals surface area contributed by atoms with Gasteiger partial charge >= 0.3 is 0 Å². The van der Waals surface area contributed by atoms with Gasteiger partial charge in [-0.2, -0.15) is 0 Å². The normalized spacial score (nSPS) is 9.25. The van der Waals surface area contributed by atoms with Crippen molar-refractivity contribution in [3.63, 3.8) is 0 Å². The molecule has 0 radical (unpaired) electrons. The first-order chi connectivity index (χ1) is 7.06. The van der Waals surface area contributed by atoms with Crippen LogP contribution >= 0.6 is 12.4 Å². The van der Waals surface area contributed by atoms with Gasteiger partial charge in [-0.1, -0.05) is 0 Å². The number of nitrogens with one attached hydrogen (secondary N) is 1. The second-order valence-corrected chi connectivity index (χ2v) is 3.35. The zero-order chi connectivity index (χ0) is 11.8. The third kappa shape index (κ3) is 5.92. The van der Waals surface area contributed by atoms with E-state index < -0.39 is 0 Å². The monoisotopic (exact) mass is 251 g/mol. The molecule has 1 N–H and O–H groups in total. The summed E-state index contributed by atoms with van der Waals surface area (Å²) >= 11 is 0. The van der Waals surface area contributed by atoms with Gasteiger partial charge in [-0.05, 0) is 20.9 Å². The van der Waals surface area contributed by atoms with Gasteiger partial charge in [0, 0.05) is 20.1 Å². The van der Waals surface area contributed by atoms with Crippen molar-refractivity contribution < 1.29 is 9.59 Å². The van der Waals surface area contributed by atoms with Gasteiger partial charge in [0.05, 0.1) is 13.1 Å². The maximum atomic E-state index is 11.6. The average Bonchev–Trinajstić information content (AvgIpc) is 2.19. The lowest BCUT2D eigenvalue weighted by atomic mass is 10.4. The number of carbonyl (C=O) groups is 2. The molecule has 0 aromatic heterocycles. The maximum Gasteiger partial charge on any atom is 0.242 e. The molecule has 0 spiro atoms. The Labute approximate surface area is 104 Å². The predicted octanol–water partition coefficient (Wildman–Crippen LogP) is -0.0456. The topological polar surface area (TPSA) is 52.7 Å². The molecule has 0 bridgehead atoms. The first-order valence-corrected chi connectivity index (χ1v) is 5.23. The quantitative estimate of drug-likeness (QED) is 0.721. The van der Waals surface area contributed by atoms with E-state index in [2.05, 4.69) is 5.32 Å². The van der Waals surface area contributed by atoms with Crippen molar-refractivity contribution in [1.82, 2.24) is 15.1 Å². The van der Waals surface area contributed by atoms with Crippen LogP contribution in [0.25, 0.3) is 0 Å². The molecule has 0 aromatic rings. The van der Waals surface area contributed by atoms with E-state index in [-0.39, 0.29) is 37.3 Å². The Bertz CT molecular complexity index is 220. The Morgan fingerprint density at radius 1 is 1.12 bits per heavy atom. The molecule has 0 rings (SSSR count). The highest BCUT2D eigenvalue weighted by molar-refractivity contribution is 5.85. The van der Waals surface area contributed by atoms with Crippen LogP contribution in [0.2, 0.25) is 0 Å². The van der Waals surface area contributed by atoms with Crippen molar-refractivity contribution in [2.24, 2.45) is 0 Å². The Kier molecular flexibility index (Phi) is 10.3. The smallest absolute Gasteiger partial charge is 0.242 e. The molecule has 96 valence electrons. The molecule has 0 atom stereocenters. The van der Waals surface area contributed by atoms with E-state index in [1.807, 2.05) is 13.8 Å². The summed E-state index contributed by atoms with van der Waals surface area (Å²) in [4.78, 5) is 26.2. The molecular weight excluding hydrogens is 230 g/mol. The summed E-state index contributed by atoms with van der Waals surface area (Å²) in [7, 11) is 3.35. The van der Waals surface area contributed by atoms with Gasteiger partial charge in [0.25, 0.3) is 0 Å². The third-order valence-electron chi connectivity index (χ3n) is 2.24. The van der Waals surface area contributed by atoms with Gasteiger partial charge in [0.1, 0.15) is 0 Å². The van der Waals surface area contributed by atoms with E-state index in [9.17, 15) is 9.59 Å². The highest BCUT2D eigenvalue weighted by Gasteiger charge is 2.15. The standard InChI is InChI=1S/C10H21N3O2.ClH/c1-5-13(6-2)10(15)8-12(4)9(14)7-11-3;/h11H,5-8H2,1-4H3;1H. The Hall–Kier alpha value is -0.810. The molecule has 16 heavy (non-hydrogen) atoms. The fraction of sp³-hybridized carbons (Fsp3) is 0.800. The molecule has 0 aliphatic heterocycles. The molecule has 0 aliphatic carbocycles. The number of rotatable bonds is 6. The van der Waals surface area contributed by atoms with Crippen molar-refractivity contribution in [1.29, 1.82) is 0 Å². The predicted molar refractivity (Wildman–Crippen MR) is 66.7 cm³/mol. The highest BCUT2D eigenvalue weighted by Crippen LogP contribution is 1.92. The molecule has 0 saturated heterocycles. The molecule has 0 aliphatic rings. The van der Waals surface area contributed by atoms with E-state index in [0.717, 1.165) is 0 Å². The first-order valence-electron chi connectivity index (χ1n) is 5.23. The minimum Gasteiger partial charge on any atom is -0.342 e. The van der Waals surface area contributed by atoms with Crippen LogP contribution in [-0.4, -0.2) is 61.9 Å². The number of likely N-dealkylation sites (N-methyl/N-ethyl adjacent to an activating group) is 3. The van der Waals surface area contributed by atoms with Crippen molar-refractivity contribution in [3.05, 3.63) is 0 Å². The number of carbonyl (C=O) groups excluding carboxylic acids is 2. The van der Waals surface area contributed by atoms with Crippen LogP contribution < -0.4 is 5.32 Å². The van der Waals surface area contributed by atoms with Gasteiger partial charge in [0.2, 0.25) is 11.8 Å². The summed E-state index contributed by atoms with van der Waals surface area (Å²) in [6.45, 7) is 5.64. The van der Waals surface area contributed by atoms with E-state index >= 15 is 0 Å². The van der Waals surface area contributed by atoms with Crippen LogP contribution in [0.1, 0.15) is 13.8 Å². The summed E-state index contributed by atoms with van der Waals surface area (Å²) in [6, 6.07) is 0. The number of amides is 2. The largest absolute Gasteiger partial charge is 0.342 e. The molecule has 0 aromatic carbocycles. The van der Waals surface area contributed by atoms with E-state index in [1.54, 1.807) is 19.0 Å². The molecule has 2 amide bonds. The Morgan fingerprint density at radius 2 is 1.62 bits per heavy atom. The summed E-state index contributed by atoms with van der Waals surface area (Å²) in [5.74, 6) is -0.0787. The van der Waals surface area contributed by atoms with Crippen molar-refractivity contribution in [2.45, 2.75) is 13.8 Å². The van der Waals surface area contributed by atoms with Gasteiger partial charge in [-0.25, -0.2) is 0 Å². The van der Waals surface area contributed by atoms with Crippen LogP contribution in [0.5, 0.6) is 0 Å². The summed E-state index contributed by atoms with van der Waals surface area (Å²) in [6.07, 6.45) is 0. The maximum absolute atomic E-state index is 11.6. The molecule has 0 unspecified atom stereocenters. The summed E-state index contributed by atoms with van der Waals surface area (Å²) in [5, 5.41) is 2.76. The second-order valence-electron chi connectivity index (χ2n) is 3.35. The number of hydrogen-bond acceptors (Lipinski definition) is 3. The van der Waals surface area contributed by atoms with E-state index in [1.165, 1.54) is 4.90 Å². The zero-order valence-corrected chi connectivity index (χ0v) is 11.3. The average molecular weight is 252 g/mol. The van der Waals surface area contributed by atoms with Gasteiger partial charge < -0.3 is 15.1 Å². The summed E-state index contributed by atoms with van der Waals surface area (Å²) in [5.41, 5.74) is 0. The van der Waals surface area contributed by atoms with Gasteiger partial charge in [-0.3, -0.25) is 9.59 Å². The van der Waals surface area contributed by atoms with Crippen molar-refractivity contribution in [2.75, 3.05) is 40.3 Å². The molecule has 0 heterocycles. The lowest BCUT2D eigenvalue weighted by Crippen LogP contribution is -2.43. The lowest BCUT2D eigenvalue weighted by Gasteiger charge is -2.23. The molecule has 0 saturated carbocycles. The lowest BCUT2D eigenvalue weighted by molar-refractivity contribution is -0.138. The second kappa shape index (κ2) is 9.42.